The lowest BCUT2D eigenvalue weighted by Crippen LogP contribution is -2.32. The molecule has 7 heteroatoms. The van der Waals surface area contributed by atoms with E-state index in [1.807, 2.05) is 37.3 Å². The van der Waals surface area contributed by atoms with Gasteiger partial charge in [-0.2, -0.15) is 0 Å². The second-order valence-electron chi connectivity index (χ2n) is 8.16. The molecule has 1 saturated heterocycles. The molecule has 0 aromatic heterocycles. The van der Waals surface area contributed by atoms with Crippen molar-refractivity contribution in [2.75, 3.05) is 27.4 Å². The maximum absolute atomic E-state index is 13.2. The van der Waals surface area contributed by atoms with Crippen LogP contribution in [0.1, 0.15) is 22.7 Å². The number of rotatable bonds is 8. The topological polar surface area (TPSA) is 85.3 Å². The molecule has 0 aliphatic carbocycles. The summed E-state index contributed by atoms with van der Waals surface area (Å²) >= 11 is 0. The van der Waals surface area contributed by atoms with Crippen molar-refractivity contribution in [3.63, 3.8) is 0 Å². The summed E-state index contributed by atoms with van der Waals surface area (Å²) in [5, 5.41) is 11.3. The highest BCUT2D eigenvalue weighted by molar-refractivity contribution is 6.46. The number of aliphatic hydroxyl groups is 1. The summed E-state index contributed by atoms with van der Waals surface area (Å²) in [5.41, 5.74) is 1.88. The van der Waals surface area contributed by atoms with Crippen molar-refractivity contribution in [1.29, 1.82) is 0 Å². The molecule has 180 valence electrons. The third-order valence-corrected chi connectivity index (χ3v) is 5.90. The Kier molecular flexibility index (Phi) is 7.17. The molecule has 1 heterocycles. The molecule has 1 fully saturated rings. The van der Waals surface area contributed by atoms with Gasteiger partial charge in [-0.05, 0) is 60.5 Å². The van der Waals surface area contributed by atoms with E-state index in [1.165, 1.54) is 12.0 Å². The van der Waals surface area contributed by atoms with Crippen LogP contribution >= 0.6 is 0 Å². The molecule has 1 unspecified atom stereocenters. The first-order chi connectivity index (χ1) is 16.9. The third kappa shape index (κ3) is 4.90. The Morgan fingerprint density at radius 3 is 2.37 bits per heavy atom. The normalized spacial score (nSPS) is 17.0. The number of para-hydroxylation sites is 1. The van der Waals surface area contributed by atoms with Gasteiger partial charge in [0.1, 0.15) is 23.0 Å². The van der Waals surface area contributed by atoms with Crippen LogP contribution in [0.5, 0.6) is 17.2 Å². The van der Waals surface area contributed by atoms with Gasteiger partial charge in [0.15, 0.2) is 0 Å². The van der Waals surface area contributed by atoms with Crippen LogP contribution in [-0.2, 0) is 14.3 Å². The van der Waals surface area contributed by atoms with Gasteiger partial charge in [0.2, 0.25) is 0 Å². The average molecular weight is 474 g/mol. The Labute approximate surface area is 204 Å². The summed E-state index contributed by atoms with van der Waals surface area (Å²) < 4.78 is 16.4. The van der Waals surface area contributed by atoms with E-state index in [0.717, 1.165) is 5.56 Å². The fraction of sp³-hybridized carbons (Fsp3) is 0.214. The molecule has 35 heavy (non-hydrogen) atoms. The molecule has 1 aliphatic rings. The Morgan fingerprint density at radius 1 is 0.943 bits per heavy atom. The number of carbonyl (C=O) groups excluding carboxylic acids is 2. The highest BCUT2D eigenvalue weighted by Gasteiger charge is 2.46. The SMILES string of the molecule is COCCN1C(=O)C(=O)/C(=C(\O)c2ccc(OC)c(C)c2)C1c1cccc(Oc2ccccc2)c1. The molecule has 3 aromatic carbocycles. The molecule has 4 rings (SSSR count). The molecule has 1 N–H and O–H groups in total. The minimum Gasteiger partial charge on any atom is -0.507 e. The Morgan fingerprint density at radius 2 is 1.69 bits per heavy atom. The number of amides is 1. The van der Waals surface area contributed by atoms with Gasteiger partial charge >= 0.3 is 0 Å². The number of hydrogen-bond acceptors (Lipinski definition) is 6. The molecule has 1 amide bonds. The second-order valence-corrected chi connectivity index (χ2v) is 8.16. The van der Waals surface area contributed by atoms with Gasteiger partial charge in [0.05, 0.1) is 25.3 Å². The summed E-state index contributed by atoms with van der Waals surface area (Å²) in [6, 6.07) is 20.8. The minimum absolute atomic E-state index is 0.0209. The number of hydrogen-bond donors (Lipinski definition) is 1. The lowest BCUT2D eigenvalue weighted by atomic mass is 9.94. The van der Waals surface area contributed by atoms with E-state index in [2.05, 4.69) is 0 Å². The van der Waals surface area contributed by atoms with Gasteiger partial charge in [0, 0.05) is 19.2 Å². The zero-order valence-electron chi connectivity index (χ0n) is 19.9. The fourth-order valence-electron chi connectivity index (χ4n) is 4.20. The van der Waals surface area contributed by atoms with Crippen LogP contribution in [0.3, 0.4) is 0 Å². The second kappa shape index (κ2) is 10.4. The maximum atomic E-state index is 13.2. The number of carbonyl (C=O) groups is 2. The number of ether oxygens (including phenoxy) is 3. The molecule has 3 aromatic rings. The number of benzene rings is 3. The Hall–Kier alpha value is -4.10. The van der Waals surface area contributed by atoms with Crippen molar-refractivity contribution in [2.45, 2.75) is 13.0 Å². The lowest BCUT2D eigenvalue weighted by molar-refractivity contribution is -0.140. The molecule has 0 spiro atoms. The fourth-order valence-corrected chi connectivity index (χ4v) is 4.20. The van der Waals surface area contributed by atoms with Crippen LogP contribution in [0.15, 0.2) is 78.4 Å². The predicted molar refractivity (Wildman–Crippen MR) is 132 cm³/mol. The first-order valence-electron chi connectivity index (χ1n) is 11.2. The number of likely N-dealkylation sites (tertiary alicyclic amines) is 1. The van der Waals surface area contributed by atoms with E-state index in [4.69, 9.17) is 14.2 Å². The number of aryl methyl sites for hydroxylation is 1. The van der Waals surface area contributed by atoms with Crippen molar-refractivity contribution in [3.05, 3.63) is 95.1 Å². The molecule has 7 nitrogen and oxygen atoms in total. The number of nitrogens with zero attached hydrogens (tertiary/aromatic N) is 1. The summed E-state index contributed by atoms with van der Waals surface area (Å²) in [5.74, 6) is 0.190. The summed E-state index contributed by atoms with van der Waals surface area (Å²) in [6.07, 6.45) is 0. The quantitative estimate of drug-likeness (QED) is 0.286. The number of aliphatic hydroxyl groups excluding tert-OH is 1. The van der Waals surface area contributed by atoms with Crippen LogP contribution in [0.2, 0.25) is 0 Å². The number of Topliss-reactive ketones (excluding diaryl/α,β-unsaturated/α-hetero) is 1. The standard InChI is InChI=1S/C28H27NO6/c1-18-16-20(12-13-23(18)34-3)26(30)24-25(29(14-15-33-2)28(32)27(24)31)19-8-7-11-22(17-19)35-21-9-5-4-6-10-21/h4-13,16-17,25,30H,14-15H2,1-3H3/b26-24-. The van der Waals surface area contributed by atoms with E-state index in [1.54, 1.807) is 49.6 Å². The third-order valence-electron chi connectivity index (χ3n) is 5.90. The van der Waals surface area contributed by atoms with Crippen LogP contribution in [-0.4, -0.2) is 49.1 Å². The van der Waals surface area contributed by atoms with Crippen molar-refractivity contribution >= 4 is 17.4 Å². The summed E-state index contributed by atoms with van der Waals surface area (Å²) in [6.45, 7) is 2.27. The van der Waals surface area contributed by atoms with E-state index in [9.17, 15) is 14.7 Å². The van der Waals surface area contributed by atoms with Crippen LogP contribution in [0.4, 0.5) is 0 Å². The Bertz CT molecular complexity index is 1270. The molecule has 0 radical (unpaired) electrons. The Balaban J connectivity index is 1.81. The van der Waals surface area contributed by atoms with Crippen molar-refractivity contribution < 1.29 is 28.9 Å². The van der Waals surface area contributed by atoms with E-state index in [-0.39, 0.29) is 24.5 Å². The van der Waals surface area contributed by atoms with E-state index in [0.29, 0.717) is 28.4 Å². The smallest absolute Gasteiger partial charge is 0.295 e. The lowest BCUT2D eigenvalue weighted by Gasteiger charge is -2.25. The first kappa shape index (κ1) is 24.0. The minimum atomic E-state index is -0.799. The van der Waals surface area contributed by atoms with Crippen molar-refractivity contribution in [2.24, 2.45) is 0 Å². The van der Waals surface area contributed by atoms with E-state index >= 15 is 0 Å². The molecule has 0 bridgehead atoms. The molecule has 1 aliphatic heterocycles. The number of methoxy groups -OCH3 is 2. The summed E-state index contributed by atoms with van der Waals surface area (Å²) in [7, 11) is 3.09. The van der Waals surface area contributed by atoms with Gasteiger partial charge in [-0.25, -0.2) is 0 Å². The van der Waals surface area contributed by atoms with Crippen LogP contribution < -0.4 is 9.47 Å². The maximum Gasteiger partial charge on any atom is 0.295 e. The molecular formula is C28H27NO6. The number of ketones is 1. The van der Waals surface area contributed by atoms with Gasteiger partial charge in [-0.3, -0.25) is 9.59 Å². The van der Waals surface area contributed by atoms with Crippen molar-refractivity contribution in [1.82, 2.24) is 4.90 Å². The van der Waals surface area contributed by atoms with Crippen molar-refractivity contribution in [3.8, 4) is 17.2 Å². The van der Waals surface area contributed by atoms with Gasteiger partial charge in [-0.1, -0.05) is 30.3 Å². The highest BCUT2D eigenvalue weighted by Crippen LogP contribution is 2.40. The molecule has 0 saturated carbocycles. The predicted octanol–water partition coefficient (Wildman–Crippen LogP) is 4.86. The largest absolute Gasteiger partial charge is 0.507 e. The van der Waals surface area contributed by atoms with E-state index < -0.39 is 17.7 Å². The zero-order chi connectivity index (χ0) is 24.9. The van der Waals surface area contributed by atoms with Crippen LogP contribution in [0, 0.1) is 6.92 Å². The average Bonchev–Trinajstić information content (AvgIpc) is 3.12. The van der Waals surface area contributed by atoms with Gasteiger partial charge < -0.3 is 24.2 Å². The van der Waals surface area contributed by atoms with Crippen LogP contribution in [0.25, 0.3) is 5.76 Å². The van der Waals surface area contributed by atoms with Gasteiger partial charge in [0.25, 0.3) is 11.7 Å². The van der Waals surface area contributed by atoms with Gasteiger partial charge in [-0.15, -0.1) is 0 Å². The summed E-state index contributed by atoms with van der Waals surface area (Å²) in [4.78, 5) is 27.6. The highest BCUT2D eigenvalue weighted by atomic mass is 16.5. The first-order valence-corrected chi connectivity index (χ1v) is 11.2. The molecular weight excluding hydrogens is 446 g/mol. The monoisotopic (exact) mass is 473 g/mol. The molecule has 1 atom stereocenters. The zero-order valence-corrected chi connectivity index (χ0v) is 19.9.